The highest BCUT2D eigenvalue weighted by molar-refractivity contribution is 6.12. The van der Waals surface area contributed by atoms with Crippen molar-refractivity contribution in [3.63, 3.8) is 0 Å². The van der Waals surface area contributed by atoms with Gasteiger partial charge in [0, 0.05) is 43.3 Å². The lowest BCUT2D eigenvalue weighted by molar-refractivity contribution is -0.325. The molecule has 5 rings (SSSR count). The summed E-state index contributed by atoms with van der Waals surface area (Å²) < 4.78 is 70.9. The van der Waals surface area contributed by atoms with Crippen LogP contribution in [0.3, 0.4) is 0 Å². The number of likely N-dealkylation sites (tertiary alicyclic amines) is 1. The summed E-state index contributed by atoms with van der Waals surface area (Å²) in [4.78, 5) is 26.9. The first kappa shape index (κ1) is 30.2. The zero-order valence-corrected chi connectivity index (χ0v) is 23.2. The normalized spacial score (nSPS) is 14.3. The van der Waals surface area contributed by atoms with Gasteiger partial charge >= 0.3 is 6.36 Å². The first-order chi connectivity index (χ1) is 20.6. The summed E-state index contributed by atoms with van der Waals surface area (Å²) in [7, 11) is 0. The van der Waals surface area contributed by atoms with Crippen molar-refractivity contribution in [1.82, 2.24) is 14.8 Å². The van der Waals surface area contributed by atoms with Crippen molar-refractivity contribution in [2.24, 2.45) is 0 Å². The average molecular weight is 600 g/mol. The molecule has 6 nitrogen and oxygen atoms in total. The second kappa shape index (κ2) is 12.9. The molecule has 0 bridgehead atoms. The van der Waals surface area contributed by atoms with Crippen molar-refractivity contribution in [3.05, 3.63) is 95.4 Å². The molecule has 0 spiro atoms. The number of aromatic nitrogens is 1. The average Bonchev–Trinajstić information content (AvgIpc) is 3.38. The Morgan fingerprint density at radius 1 is 0.977 bits per heavy atom. The molecule has 0 saturated carbocycles. The minimum atomic E-state index is -4.76. The Balaban J connectivity index is 1.38. The molecule has 1 aromatic heterocycles. The van der Waals surface area contributed by atoms with Crippen LogP contribution in [0.4, 0.5) is 22.0 Å². The topological polar surface area (TPSA) is 63.6 Å². The van der Waals surface area contributed by atoms with Crippen molar-refractivity contribution in [3.8, 4) is 11.1 Å². The summed E-state index contributed by atoms with van der Waals surface area (Å²) in [5, 5.41) is 3.08. The number of ether oxygens (including phenoxy) is 1. The van der Waals surface area contributed by atoms with E-state index < -0.39 is 25.6 Å². The number of benzene rings is 3. The molecular weight excluding hydrogens is 569 g/mol. The van der Waals surface area contributed by atoms with Crippen LogP contribution in [0.15, 0.2) is 72.9 Å². The number of carbonyl (C=O) groups is 2. The van der Waals surface area contributed by atoms with E-state index >= 15 is 0 Å². The van der Waals surface area contributed by atoms with Crippen molar-refractivity contribution in [2.45, 2.75) is 38.2 Å². The molecule has 43 heavy (non-hydrogen) atoms. The molecule has 226 valence electrons. The Labute approximate surface area is 245 Å². The molecule has 0 unspecified atom stereocenters. The van der Waals surface area contributed by atoms with Crippen LogP contribution in [-0.2, 0) is 22.6 Å². The van der Waals surface area contributed by atoms with E-state index in [9.17, 15) is 31.5 Å². The molecule has 0 atom stereocenters. The number of alkyl halides is 4. The van der Waals surface area contributed by atoms with Crippen LogP contribution in [0.2, 0.25) is 0 Å². The molecular formula is C32H30F5N3O3. The standard InChI is InChI=1S/C32H30F5N3O3/c33-18-29(41)38-19-21-9-10-27(34)25(17-21)23-11-13-39(14-12-23)31(42)26-20-40(15-16-43-32(35,36)37)28-8-4-7-24(30(26)28)22-5-2-1-3-6-22/h1-10,17,20,23H,11-16,18-19H2,(H,38,41). The Morgan fingerprint density at radius 2 is 1.72 bits per heavy atom. The van der Waals surface area contributed by atoms with Crippen molar-refractivity contribution in [1.29, 1.82) is 0 Å². The van der Waals surface area contributed by atoms with E-state index in [0.717, 1.165) is 11.1 Å². The highest BCUT2D eigenvalue weighted by Gasteiger charge is 2.30. The number of carbonyl (C=O) groups excluding carboxylic acids is 2. The second-order valence-electron chi connectivity index (χ2n) is 10.4. The lowest BCUT2D eigenvalue weighted by Crippen LogP contribution is -2.38. The van der Waals surface area contributed by atoms with Gasteiger partial charge in [-0.25, -0.2) is 8.78 Å². The molecule has 0 radical (unpaired) electrons. The SMILES string of the molecule is O=C(CF)NCc1ccc(F)c(C2CCN(C(=O)c3cn(CCOC(F)(F)F)c4cccc(-c5ccccc5)c34)CC2)c1. The maximum atomic E-state index is 14.8. The zero-order chi connectivity index (χ0) is 30.6. The molecule has 2 amide bonds. The minimum absolute atomic E-state index is 0.0786. The maximum Gasteiger partial charge on any atom is 0.522 e. The predicted molar refractivity (Wildman–Crippen MR) is 151 cm³/mol. The van der Waals surface area contributed by atoms with E-state index in [1.807, 2.05) is 36.4 Å². The number of hydrogen-bond acceptors (Lipinski definition) is 3. The van der Waals surface area contributed by atoms with Gasteiger partial charge in [0.25, 0.3) is 11.8 Å². The summed E-state index contributed by atoms with van der Waals surface area (Å²) in [6, 6.07) is 19.4. The van der Waals surface area contributed by atoms with Gasteiger partial charge in [-0.05, 0) is 53.1 Å². The van der Waals surface area contributed by atoms with Gasteiger partial charge in [-0.15, -0.1) is 13.2 Å². The lowest BCUT2D eigenvalue weighted by Gasteiger charge is -2.32. The third-order valence-corrected chi connectivity index (χ3v) is 7.71. The van der Waals surface area contributed by atoms with Crippen LogP contribution < -0.4 is 5.32 Å². The Kier molecular flexibility index (Phi) is 9.10. The van der Waals surface area contributed by atoms with Crippen molar-refractivity contribution < 1.29 is 36.3 Å². The van der Waals surface area contributed by atoms with Crippen LogP contribution in [-0.4, -0.2) is 54.0 Å². The Bertz CT molecular complexity index is 1600. The number of halogens is 5. The third kappa shape index (κ3) is 7.05. The van der Waals surface area contributed by atoms with Crippen LogP contribution in [0.5, 0.6) is 0 Å². The highest BCUT2D eigenvalue weighted by atomic mass is 19.4. The fourth-order valence-corrected chi connectivity index (χ4v) is 5.65. The first-order valence-electron chi connectivity index (χ1n) is 13.9. The fourth-order valence-electron chi connectivity index (χ4n) is 5.65. The van der Waals surface area contributed by atoms with Gasteiger partial charge in [-0.1, -0.05) is 54.6 Å². The largest absolute Gasteiger partial charge is 0.522 e. The van der Waals surface area contributed by atoms with Crippen molar-refractivity contribution >= 4 is 22.7 Å². The summed E-state index contributed by atoms with van der Waals surface area (Å²) in [5.41, 5.74) is 3.76. The number of nitrogens with zero attached hydrogens (tertiary/aromatic N) is 2. The predicted octanol–water partition coefficient (Wildman–Crippen LogP) is 6.59. The molecule has 11 heteroatoms. The lowest BCUT2D eigenvalue weighted by atomic mass is 9.88. The number of rotatable bonds is 9. The van der Waals surface area contributed by atoms with Crippen molar-refractivity contribution in [2.75, 3.05) is 26.4 Å². The van der Waals surface area contributed by atoms with E-state index in [-0.39, 0.29) is 30.7 Å². The third-order valence-electron chi connectivity index (χ3n) is 7.71. The first-order valence-corrected chi connectivity index (χ1v) is 13.9. The fraction of sp³-hybridized carbons (Fsp3) is 0.312. The van der Waals surface area contributed by atoms with Gasteiger partial charge < -0.3 is 14.8 Å². The maximum absolute atomic E-state index is 14.8. The quantitative estimate of drug-likeness (QED) is 0.221. The summed E-state index contributed by atoms with van der Waals surface area (Å²) in [6.45, 7) is -1.07. The second-order valence-corrected chi connectivity index (χ2v) is 10.4. The molecule has 1 aliphatic rings. The van der Waals surface area contributed by atoms with Crippen LogP contribution in [0, 0.1) is 5.82 Å². The number of amides is 2. The summed E-state index contributed by atoms with van der Waals surface area (Å²) in [5.74, 6) is -1.56. The van der Waals surface area contributed by atoms with E-state index in [0.29, 0.717) is 53.5 Å². The minimum Gasteiger partial charge on any atom is -0.350 e. The molecule has 1 N–H and O–H groups in total. The highest BCUT2D eigenvalue weighted by Crippen LogP contribution is 2.36. The molecule has 1 fully saturated rings. The van der Waals surface area contributed by atoms with E-state index in [1.54, 1.807) is 33.9 Å². The summed E-state index contributed by atoms with van der Waals surface area (Å²) in [6.07, 6.45) is -2.19. The van der Waals surface area contributed by atoms with E-state index in [2.05, 4.69) is 10.1 Å². The number of fused-ring (bicyclic) bond motifs is 1. The molecule has 1 aliphatic heterocycles. The zero-order valence-electron chi connectivity index (χ0n) is 23.2. The smallest absolute Gasteiger partial charge is 0.350 e. The molecule has 0 aliphatic carbocycles. The van der Waals surface area contributed by atoms with Gasteiger partial charge in [0.05, 0.1) is 12.2 Å². The molecule has 4 aromatic rings. The van der Waals surface area contributed by atoms with Crippen LogP contribution in [0.1, 0.15) is 40.2 Å². The van der Waals surface area contributed by atoms with Gasteiger partial charge in [0.1, 0.15) is 5.82 Å². The number of nitrogens with one attached hydrogen (secondary N) is 1. The van der Waals surface area contributed by atoms with Gasteiger partial charge in [0.2, 0.25) is 0 Å². The van der Waals surface area contributed by atoms with Crippen LogP contribution in [0.25, 0.3) is 22.0 Å². The molecule has 3 aromatic carbocycles. The Hall–Kier alpha value is -4.25. The monoisotopic (exact) mass is 599 g/mol. The van der Waals surface area contributed by atoms with Gasteiger partial charge in [-0.3, -0.25) is 14.3 Å². The van der Waals surface area contributed by atoms with E-state index in [1.165, 1.54) is 12.1 Å². The summed E-state index contributed by atoms with van der Waals surface area (Å²) >= 11 is 0. The number of piperidine rings is 1. The number of hydrogen-bond donors (Lipinski definition) is 1. The molecule has 2 heterocycles. The Morgan fingerprint density at radius 3 is 2.42 bits per heavy atom. The van der Waals surface area contributed by atoms with Gasteiger partial charge in [-0.2, -0.15) is 0 Å². The van der Waals surface area contributed by atoms with E-state index in [4.69, 9.17) is 0 Å². The van der Waals surface area contributed by atoms with Gasteiger partial charge in [0.15, 0.2) is 6.67 Å². The molecule has 1 saturated heterocycles. The van der Waals surface area contributed by atoms with Crippen LogP contribution >= 0.6 is 0 Å².